The molecule has 1 fully saturated rings. The molecule has 0 heterocycles. The van der Waals surface area contributed by atoms with Crippen LogP contribution in [0, 0.1) is 11.3 Å². The third-order valence-corrected chi connectivity index (χ3v) is 3.55. The minimum atomic E-state index is -0.727. The standard InChI is InChI=1S/C12H23N3O2/c1-8(2)7-9(3)15(4)11(16)12(5-6-12)10(13)14-17/h8-9,17H,5-7H2,1-4H3,(H2,13,14). The zero-order valence-corrected chi connectivity index (χ0v) is 11.1. The molecule has 98 valence electrons. The van der Waals surface area contributed by atoms with E-state index in [4.69, 9.17) is 10.9 Å². The SMILES string of the molecule is CC(C)CC(C)N(C)C(=O)C1(C(N)=NO)CC1. The van der Waals surface area contributed by atoms with Gasteiger partial charge in [0.25, 0.3) is 0 Å². The molecule has 1 rings (SSSR count). The number of nitrogens with two attached hydrogens (primary N) is 1. The molecule has 0 aromatic carbocycles. The van der Waals surface area contributed by atoms with E-state index in [1.54, 1.807) is 11.9 Å². The van der Waals surface area contributed by atoms with Gasteiger partial charge in [-0.1, -0.05) is 19.0 Å². The molecule has 5 nitrogen and oxygen atoms in total. The number of hydrogen-bond acceptors (Lipinski definition) is 3. The van der Waals surface area contributed by atoms with Crippen molar-refractivity contribution < 1.29 is 10.0 Å². The first-order valence-electron chi connectivity index (χ1n) is 6.10. The lowest BCUT2D eigenvalue weighted by atomic mass is 10.00. The summed E-state index contributed by atoms with van der Waals surface area (Å²) in [7, 11) is 1.79. The normalized spacial score (nSPS) is 20.2. The predicted molar refractivity (Wildman–Crippen MR) is 66.8 cm³/mol. The molecule has 3 N–H and O–H groups in total. The summed E-state index contributed by atoms with van der Waals surface area (Å²) in [6, 6.07) is 0.173. The third kappa shape index (κ3) is 2.70. The quantitative estimate of drug-likeness (QED) is 0.330. The van der Waals surface area contributed by atoms with Crippen LogP contribution in [0.15, 0.2) is 5.16 Å². The molecule has 5 heteroatoms. The molecular weight excluding hydrogens is 218 g/mol. The number of hydrogen-bond donors (Lipinski definition) is 2. The van der Waals surface area contributed by atoms with E-state index in [1.807, 2.05) is 6.92 Å². The molecule has 1 unspecified atom stereocenters. The second kappa shape index (κ2) is 4.94. The second-order valence-corrected chi connectivity index (χ2v) is 5.46. The highest BCUT2D eigenvalue weighted by atomic mass is 16.4. The Hall–Kier alpha value is -1.26. The van der Waals surface area contributed by atoms with Gasteiger partial charge in [-0.25, -0.2) is 0 Å². The summed E-state index contributed by atoms with van der Waals surface area (Å²) in [6.45, 7) is 6.29. The fourth-order valence-electron chi connectivity index (χ4n) is 2.18. The lowest BCUT2D eigenvalue weighted by Crippen LogP contribution is -2.45. The molecule has 1 aliphatic rings. The first-order chi connectivity index (χ1) is 7.85. The van der Waals surface area contributed by atoms with Crippen LogP contribution >= 0.6 is 0 Å². The van der Waals surface area contributed by atoms with Crippen molar-refractivity contribution in [3.8, 4) is 0 Å². The van der Waals surface area contributed by atoms with E-state index in [0.29, 0.717) is 18.8 Å². The summed E-state index contributed by atoms with van der Waals surface area (Å²) in [5.41, 5.74) is 4.88. The predicted octanol–water partition coefficient (Wildman–Crippen LogP) is 1.41. The molecule has 0 spiro atoms. The number of amides is 1. The Morgan fingerprint density at radius 2 is 2.00 bits per heavy atom. The van der Waals surface area contributed by atoms with Gasteiger partial charge >= 0.3 is 0 Å². The zero-order valence-electron chi connectivity index (χ0n) is 11.1. The van der Waals surface area contributed by atoms with Crippen molar-refractivity contribution in [1.29, 1.82) is 0 Å². The lowest BCUT2D eigenvalue weighted by molar-refractivity contribution is -0.135. The Bertz CT molecular complexity index is 322. The van der Waals surface area contributed by atoms with Crippen molar-refractivity contribution >= 4 is 11.7 Å². The van der Waals surface area contributed by atoms with Crippen molar-refractivity contribution in [3.63, 3.8) is 0 Å². The van der Waals surface area contributed by atoms with Gasteiger partial charge < -0.3 is 15.8 Å². The van der Waals surface area contributed by atoms with Gasteiger partial charge in [0.15, 0.2) is 5.84 Å². The highest BCUT2D eigenvalue weighted by Crippen LogP contribution is 2.47. The van der Waals surface area contributed by atoms with Crippen LogP contribution in [0.4, 0.5) is 0 Å². The molecule has 0 aliphatic heterocycles. The van der Waals surface area contributed by atoms with Crippen LogP contribution in [0.25, 0.3) is 0 Å². The summed E-state index contributed by atoms with van der Waals surface area (Å²) in [6.07, 6.45) is 2.31. The largest absolute Gasteiger partial charge is 0.409 e. The molecule has 1 aliphatic carbocycles. The minimum absolute atomic E-state index is 0.0269. The lowest BCUT2D eigenvalue weighted by Gasteiger charge is -2.29. The Morgan fingerprint density at radius 3 is 2.35 bits per heavy atom. The number of rotatable bonds is 5. The van der Waals surface area contributed by atoms with E-state index in [2.05, 4.69) is 19.0 Å². The molecule has 0 bridgehead atoms. The fraction of sp³-hybridized carbons (Fsp3) is 0.833. The Morgan fingerprint density at radius 1 is 1.47 bits per heavy atom. The molecular formula is C12H23N3O2. The van der Waals surface area contributed by atoms with Gasteiger partial charge in [0.2, 0.25) is 5.91 Å². The van der Waals surface area contributed by atoms with Crippen molar-refractivity contribution in [2.75, 3.05) is 7.05 Å². The first-order valence-corrected chi connectivity index (χ1v) is 6.10. The molecule has 0 aromatic rings. The van der Waals surface area contributed by atoms with Gasteiger partial charge in [0.1, 0.15) is 5.41 Å². The van der Waals surface area contributed by atoms with Crippen molar-refractivity contribution in [3.05, 3.63) is 0 Å². The van der Waals surface area contributed by atoms with Gasteiger partial charge in [0, 0.05) is 13.1 Å². The Kier molecular flexibility index (Phi) is 4.01. The van der Waals surface area contributed by atoms with E-state index >= 15 is 0 Å². The summed E-state index contributed by atoms with van der Waals surface area (Å²) in [5.74, 6) is 0.561. The van der Waals surface area contributed by atoms with Gasteiger partial charge in [0.05, 0.1) is 0 Å². The van der Waals surface area contributed by atoms with E-state index in [0.717, 1.165) is 6.42 Å². The van der Waals surface area contributed by atoms with Crippen LogP contribution < -0.4 is 5.73 Å². The van der Waals surface area contributed by atoms with Crippen molar-refractivity contribution in [2.45, 2.75) is 46.1 Å². The van der Waals surface area contributed by atoms with Crippen LogP contribution in [-0.2, 0) is 4.79 Å². The van der Waals surface area contributed by atoms with Crippen LogP contribution in [0.5, 0.6) is 0 Å². The fourth-order valence-corrected chi connectivity index (χ4v) is 2.18. The third-order valence-electron chi connectivity index (χ3n) is 3.55. The molecule has 17 heavy (non-hydrogen) atoms. The Balaban J connectivity index is 2.71. The van der Waals surface area contributed by atoms with E-state index in [1.165, 1.54) is 0 Å². The highest BCUT2D eigenvalue weighted by Gasteiger charge is 2.55. The van der Waals surface area contributed by atoms with E-state index in [-0.39, 0.29) is 17.8 Å². The summed E-state index contributed by atoms with van der Waals surface area (Å²) >= 11 is 0. The zero-order chi connectivity index (χ0) is 13.2. The molecule has 0 saturated heterocycles. The summed E-state index contributed by atoms with van der Waals surface area (Å²) < 4.78 is 0. The molecule has 1 saturated carbocycles. The molecule has 0 aromatic heterocycles. The topological polar surface area (TPSA) is 78.9 Å². The van der Waals surface area contributed by atoms with Gasteiger partial charge in [-0.05, 0) is 32.1 Å². The van der Waals surface area contributed by atoms with Gasteiger partial charge in [-0.2, -0.15) is 0 Å². The number of amidine groups is 1. The van der Waals surface area contributed by atoms with Crippen LogP contribution in [-0.4, -0.2) is 34.9 Å². The monoisotopic (exact) mass is 241 g/mol. The van der Waals surface area contributed by atoms with Crippen molar-refractivity contribution in [2.24, 2.45) is 22.2 Å². The Labute approximate surface area is 103 Å². The highest BCUT2D eigenvalue weighted by molar-refractivity contribution is 6.09. The van der Waals surface area contributed by atoms with Crippen LogP contribution in [0.1, 0.15) is 40.0 Å². The summed E-state index contributed by atoms with van der Waals surface area (Å²) in [5, 5.41) is 11.7. The maximum Gasteiger partial charge on any atom is 0.236 e. The maximum absolute atomic E-state index is 12.3. The maximum atomic E-state index is 12.3. The number of carbonyl (C=O) groups is 1. The van der Waals surface area contributed by atoms with E-state index in [9.17, 15) is 4.79 Å². The number of oxime groups is 1. The van der Waals surface area contributed by atoms with E-state index < -0.39 is 5.41 Å². The average molecular weight is 241 g/mol. The molecule has 1 atom stereocenters. The van der Waals surface area contributed by atoms with Crippen LogP contribution in [0.2, 0.25) is 0 Å². The van der Waals surface area contributed by atoms with Gasteiger partial charge in [-0.3, -0.25) is 4.79 Å². The minimum Gasteiger partial charge on any atom is -0.409 e. The summed E-state index contributed by atoms with van der Waals surface area (Å²) in [4.78, 5) is 14.0. The van der Waals surface area contributed by atoms with Crippen molar-refractivity contribution in [1.82, 2.24) is 4.90 Å². The van der Waals surface area contributed by atoms with Crippen LogP contribution in [0.3, 0.4) is 0 Å². The van der Waals surface area contributed by atoms with Gasteiger partial charge in [-0.15, -0.1) is 0 Å². The first kappa shape index (κ1) is 13.8. The number of carbonyl (C=O) groups excluding carboxylic acids is 1. The molecule has 1 amide bonds. The molecule has 0 radical (unpaired) electrons. The number of nitrogens with zero attached hydrogens (tertiary/aromatic N) is 2. The smallest absolute Gasteiger partial charge is 0.236 e. The average Bonchev–Trinajstić information content (AvgIpc) is 3.06. The second-order valence-electron chi connectivity index (χ2n) is 5.46.